The van der Waals surface area contributed by atoms with Gasteiger partial charge < -0.3 is 10.5 Å². The van der Waals surface area contributed by atoms with Crippen LogP contribution in [0.4, 0.5) is 0 Å². The molecule has 0 radical (unpaired) electrons. The Hall–Kier alpha value is -1.16. The first-order valence-electron chi connectivity index (χ1n) is 4.58. The van der Waals surface area contributed by atoms with Crippen molar-refractivity contribution in [1.29, 1.82) is 0 Å². The molecule has 0 fully saturated rings. The number of allylic oxidation sites excluding steroid dienone is 1. The van der Waals surface area contributed by atoms with E-state index in [0.717, 1.165) is 0 Å². The maximum absolute atomic E-state index is 11.2. The summed E-state index contributed by atoms with van der Waals surface area (Å²) in [6, 6.07) is -0.721. The van der Waals surface area contributed by atoms with Gasteiger partial charge in [-0.25, -0.2) is 0 Å². The van der Waals surface area contributed by atoms with Crippen molar-refractivity contribution >= 4 is 11.8 Å². The third-order valence-electron chi connectivity index (χ3n) is 1.58. The van der Waals surface area contributed by atoms with E-state index >= 15 is 0 Å². The van der Waals surface area contributed by atoms with E-state index < -0.39 is 12.0 Å². The molecule has 0 rings (SSSR count). The van der Waals surface area contributed by atoms with Gasteiger partial charge in [-0.15, -0.1) is 0 Å². The molecule has 2 N–H and O–H groups in total. The zero-order valence-electron chi connectivity index (χ0n) is 8.66. The summed E-state index contributed by atoms with van der Waals surface area (Å²) >= 11 is 0. The predicted octanol–water partition coefficient (Wildman–Crippen LogP) is 0.801. The third kappa shape index (κ3) is 5.48. The summed E-state index contributed by atoms with van der Waals surface area (Å²) in [4.78, 5) is 22.0. The first-order chi connectivity index (χ1) is 6.47. The summed E-state index contributed by atoms with van der Waals surface area (Å²) in [6.07, 6.45) is 1.58. The monoisotopic (exact) mass is 199 g/mol. The molecule has 0 bridgehead atoms. The second kappa shape index (κ2) is 6.32. The second-order valence-electron chi connectivity index (χ2n) is 3.30. The molecule has 1 unspecified atom stereocenters. The van der Waals surface area contributed by atoms with Crippen LogP contribution in [-0.2, 0) is 14.3 Å². The fourth-order valence-corrected chi connectivity index (χ4v) is 0.837. The minimum absolute atomic E-state index is 0.113. The Kier molecular flexibility index (Phi) is 5.79. The molecule has 0 aromatic carbocycles. The molecule has 0 spiro atoms. The first kappa shape index (κ1) is 12.8. The van der Waals surface area contributed by atoms with Crippen LogP contribution in [0.1, 0.15) is 26.7 Å². The highest BCUT2D eigenvalue weighted by Crippen LogP contribution is 2.00. The average molecular weight is 199 g/mol. The second-order valence-corrected chi connectivity index (χ2v) is 3.30. The van der Waals surface area contributed by atoms with E-state index in [-0.39, 0.29) is 18.3 Å². The molecular weight excluding hydrogens is 182 g/mol. The number of rotatable bonds is 6. The number of ether oxygens (including phenoxy) is 1. The number of nitrogens with two attached hydrogens (primary N) is 1. The van der Waals surface area contributed by atoms with E-state index in [2.05, 4.69) is 6.58 Å². The fourth-order valence-electron chi connectivity index (χ4n) is 0.837. The first-order valence-corrected chi connectivity index (χ1v) is 4.58. The molecular formula is C10H17NO3. The topological polar surface area (TPSA) is 69.4 Å². The number of hydrogen-bond donors (Lipinski definition) is 1. The van der Waals surface area contributed by atoms with Crippen LogP contribution in [0.2, 0.25) is 0 Å². The summed E-state index contributed by atoms with van der Waals surface area (Å²) in [5.74, 6) is -0.574. The van der Waals surface area contributed by atoms with Gasteiger partial charge in [0.1, 0.15) is 6.04 Å². The Morgan fingerprint density at radius 2 is 2.07 bits per heavy atom. The van der Waals surface area contributed by atoms with Crippen LogP contribution in [0.5, 0.6) is 0 Å². The van der Waals surface area contributed by atoms with E-state index in [4.69, 9.17) is 10.5 Å². The van der Waals surface area contributed by atoms with Gasteiger partial charge >= 0.3 is 5.97 Å². The Morgan fingerprint density at radius 3 is 2.50 bits per heavy atom. The standard InChI is InChI=1S/C10H17NO3/c1-4-8(12)5-6-9(11)10(13)14-7(2)3/h4,7,9H,1,5-6,11H2,2-3H3. The quantitative estimate of drug-likeness (QED) is 0.507. The SMILES string of the molecule is C=CC(=O)CCC(N)C(=O)OC(C)C. The van der Waals surface area contributed by atoms with Gasteiger partial charge in [0.2, 0.25) is 0 Å². The van der Waals surface area contributed by atoms with E-state index in [9.17, 15) is 9.59 Å². The van der Waals surface area contributed by atoms with Gasteiger partial charge in [-0.05, 0) is 26.3 Å². The van der Waals surface area contributed by atoms with Gasteiger partial charge in [0.15, 0.2) is 5.78 Å². The van der Waals surface area contributed by atoms with Crippen molar-refractivity contribution in [3.63, 3.8) is 0 Å². The van der Waals surface area contributed by atoms with Crippen molar-refractivity contribution in [2.24, 2.45) is 5.73 Å². The maximum atomic E-state index is 11.2. The molecule has 0 aliphatic carbocycles. The largest absolute Gasteiger partial charge is 0.462 e. The van der Waals surface area contributed by atoms with Crippen molar-refractivity contribution < 1.29 is 14.3 Å². The van der Waals surface area contributed by atoms with Crippen molar-refractivity contribution in [3.8, 4) is 0 Å². The highest BCUT2D eigenvalue weighted by Gasteiger charge is 2.16. The van der Waals surface area contributed by atoms with Crippen LogP contribution in [0, 0.1) is 0 Å². The lowest BCUT2D eigenvalue weighted by Gasteiger charge is -2.12. The molecule has 0 heterocycles. The molecule has 4 nitrogen and oxygen atoms in total. The van der Waals surface area contributed by atoms with E-state index in [1.807, 2.05) is 0 Å². The Morgan fingerprint density at radius 1 is 1.50 bits per heavy atom. The highest BCUT2D eigenvalue weighted by molar-refractivity contribution is 5.89. The fraction of sp³-hybridized carbons (Fsp3) is 0.600. The van der Waals surface area contributed by atoms with Crippen molar-refractivity contribution in [2.75, 3.05) is 0 Å². The van der Waals surface area contributed by atoms with Gasteiger partial charge in [-0.3, -0.25) is 9.59 Å². The zero-order valence-corrected chi connectivity index (χ0v) is 8.66. The van der Waals surface area contributed by atoms with Crippen LogP contribution >= 0.6 is 0 Å². The van der Waals surface area contributed by atoms with E-state index in [0.29, 0.717) is 6.42 Å². The number of carbonyl (C=O) groups excluding carboxylic acids is 2. The zero-order chi connectivity index (χ0) is 11.1. The molecule has 0 aromatic rings. The van der Waals surface area contributed by atoms with Crippen LogP contribution in [0.3, 0.4) is 0 Å². The van der Waals surface area contributed by atoms with Crippen LogP contribution in [0.25, 0.3) is 0 Å². The van der Waals surface area contributed by atoms with Crippen LogP contribution in [0.15, 0.2) is 12.7 Å². The number of hydrogen-bond acceptors (Lipinski definition) is 4. The van der Waals surface area contributed by atoms with Gasteiger partial charge in [0.25, 0.3) is 0 Å². The molecule has 0 aliphatic rings. The van der Waals surface area contributed by atoms with Gasteiger partial charge in [-0.2, -0.15) is 0 Å². The third-order valence-corrected chi connectivity index (χ3v) is 1.58. The van der Waals surface area contributed by atoms with E-state index in [1.165, 1.54) is 6.08 Å². The van der Waals surface area contributed by atoms with Crippen molar-refractivity contribution in [2.45, 2.75) is 38.8 Å². The molecule has 1 atom stereocenters. The Bertz CT molecular complexity index is 223. The minimum Gasteiger partial charge on any atom is -0.462 e. The number of esters is 1. The molecule has 0 amide bonds. The highest BCUT2D eigenvalue weighted by atomic mass is 16.5. The lowest BCUT2D eigenvalue weighted by atomic mass is 10.1. The van der Waals surface area contributed by atoms with Crippen molar-refractivity contribution in [3.05, 3.63) is 12.7 Å². The van der Waals surface area contributed by atoms with E-state index in [1.54, 1.807) is 13.8 Å². The minimum atomic E-state index is -0.721. The molecule has 4 heteroatoms. The Balaban J connectivity index is 3.83. The maximum Gasteiger partial charge on any atom is 0.323 e. The molecule has 0 aliphatic heterocycles. The summed E-state index contributed by atoms with van der Waals surface area (Å²) in [5.41, 5.74) is 5.51. The smallest absolute Gasteiger partial charge is 0.323 e. The molecule has 0 aromatic heterocycles. The average Bonchev–Trinajstić information content (AvgIpc) is 2.12. The molecule has 80 valence electrons. The van der Waals surface area contributed by atoms with Gasteiger partial charge in [-0.1, -0.05) is 6.58 Å². The lowest BCUT2D eigenvalue weighted by Crippen LogP contribution is -2.34. The molecule has 14 heavy (non-hydrogen) atoms. The van der Waals surface area contributed by atoms with Gasteiger partial charge in [0.05, 0.1) is 6.10 Å². The lowest BCUT2D eigenvalue weighted by molar-refractivity contribution is -0.149. The normalized spacial score (nSPS) is 12.3. The van der Waals surface area contributed by atoms with Crippen molar-refractivity contribution in [1.82, 2.24) is 0 Å². The summed E-state index contributed by atoms with van der Waals surface area (Å²) in [5, 5.41) is 0. The van der Waals surface area contributed by atoms with Crippen LogP contribution < -0.4 is 5.73 Å². The molecule has 0 saturated carbocycles. The molecule has 0 saturated heterocycles. The summed E-state index contributed by atoms with van der Waals surface area (Å²) in [6.45, 7) is 6.82. The number of ketones is 1. The summed E-state index contributed by atoms with van der Waals surface area (Å²) < 4.78 is 4.88. The summed E-state index contributed by atoms with van der Waals surface area (Å²) in [7, 11) is 0. The van der Waals surface area contributed by atoms with Gasteiger partial charge in [0, 0.05) is 6.42 Å². The predicted molar refractivity (Wildman–Crippen MR) is 53.6 cm³/mol. The Labute approximate surface area is 84.1 Å². The van der Waals surface area contributed by atoms with Crippen LogP contribution in [-0.4, -0.2) is 23.9 Å². The number of carbonyl (C=O) groups is 2.